The minimum atomic E-state index is -2.92. The Bertz CT molecular complexity index is 338. The van der Waals surface area contributed by atoms with Crippen molar-refractivity contribution in [3.05, 3.63) is 11.8 Å². The normalized spacial score (nSPS) is 24.2. The van der Waals surface area contributed by atoms with Crippen molar-refractivity contribution in [3.8, 4) is 0 Å². The molecule has 1 unspecified atom stereocenters. The first-order valence-corrected chi connectivity index (χ1v) is 8.65. The van der Waals surface area contributed by atoms with Gasteiger partial charge in [-0.05, 0) is 45.7 Å². The van der Waals surface area contributed by atoms with Gasteiger partial charge in [-0.15, -0.1) is 0 Å². The second kappa shape index (κ2) is 6.23. The van der Waals surface area contributed by atoms with Crippen molar-refractivity contribution in [1.82, 2.24) is 4.90 Å². The molecule has 1 heterocycles. The first-order chi connectivity index (χ1) is 8.69. The maximum Gasteiger partial charge on any atom is 0.354 e. The molecule has 5 heteroatoms. The summed E-state index contributed by atoms with van der Waals surface area (Å²) in [6.07, 6.45) is 8.50. The predicted molar refractivity (Wildman–Crippen MR) is 72.5 cm³/mol. The van der Waals surface area contributed by atoms with Crippen LogP contribution in [-0.2, 0) is 13.6 Å². The summed E-state index contributed by atoms with van der Waals surface area (Å²) in [5, 5.41) is 0. The third-order valence-corrected chi connectivity index (χ3v) is 5.88. The quantitative estimate of drug-likeness (QED) is 0.546. The van der Waals surface area contributed by atoms with Gasteiger partial charge >= 0.3 is 7.60 Å². The van der Waals surface area contributed by atoms with Crippen molar-refractivity contribution in [2.75, 3.05) is 19.8 Å². The zero-order valence-electron chi connectivity index (χ0n) is 11.4. The van der Waals surface area contributed by atoms with Crippen LogP contribution in [0.5, 0.6) is 0 Å². The van der Waals surface area contributed by atoms with Crippen LogP contribution in [0.25, 0.3) is 0 Å². The maximum absolute atomic E-state index is 12.5. The average molecular weight is 273 g/mol. The third-order valence-electron chi connectivity index (χ3n) is 3.45. The van der Waals surface area contributed by atoms with E-state index in [9.17, 15) is 4.57 Å². The molecule has 104 valence electrons. The minimum Gasteiger partial charge on any atom is -0.359 e. The van der Waals surface area contributed by atoms with Gasteiger partial charge in [0, 0.05) is 0 Å². The maximum atomic E-state index is 12.5. The van der Waals surface area contributed by atoms with Crippen molar-refractivity contribution in [1.29, 1.82) is 0 Å². The van der Waals surface area contributed by atoms with Gasteiger partial charge in [0.2, 0.25) is 0 Å². The number of hydrogen-bond acceptors (Lipinski definition) is 4. The van der Waals surface area contributed by atoms with Gasteiger partial charge in [0.1, 0.15) is 5.78 Å². The molecule has 2 fully saturated rings. The number of rotatable bonds is 6. The fraction of sp³-hybridized carbons (Fsp3) is 0.846. The molecule has 1 saturated heterocycles. The van der Waals surface area contributed by atoms with Gasteiger partial charge in [-0.3, -0.25) is 4.57 Å². The largest absolute Gasteiger partial charge is 0.359 e. The molecule has 0 aromatic rings. The highest BCUT2D eigenvalue weighted by atomic mass is 31.2. The van der Waals surface area contributed by atoms with Crippen molar-refractivity contribution >= 4 is 7.60 Å². The molecule has 0 radical (unpaired) electrons. The van der Waals surface area contributed by atoms with E-state index < -0.39 is 7.60 Å². The van der Waals surface area contributed by atoms with E-state index in [1.165, 1.54) is 37.7 Å². The van der Waals surface area contributed by atoms with Gasteiger partial charge in [-0.2, -0.15) is 0 Å². The van der Waals surface area contributed by atoms with Gasteiger partial charge in [-0.25, -0.2) is 0 Å². The Morgan fingerprint density at radius 3 is 2.39 bits per heavy atom. The summed E-state index contributed by atoms with van der Waals surface area (Å²) >= 11 is 0. The number of hydrogen-bond donors (Lipinski definition) is 0. The smallest absolute Gasteiger partial charge is 0.354 e. The lowest BCUT2D eigenvalue weighted by Gasteiger charge is -2.17. The lowest BCUT2D eigenvalue weighted by molar-refractivity contribution is 0.216. The third kappa shape index (κ3) is 3.37. The topological polar surface area (TPSA) is 38.5 Å². The molecule has 1 aliphatic heterocycles. The molecule has 1 saturated carbocycles. The Balaban J connectivity index is 1.93. The van der Waals surface area contributed by atoms with E-state index in [1.54, 1.807) is 0 Å². The molecule has 0 amide bonds. The van der Waals surface area contributed by atoms with E-state index in [2.05, 4.69) is 11.1 Å². The van der Waals surface area contributed by atoms with E-state index in [1.807, 2.05) is 13.8 Å². The summed E-state index contributed by atoms with van der Waals surface area (Å²) in [6, 6.07) is 0. The van der Waals surface area contributed by atoms with Gasteiger partial charge in [-0.1, -0.05) is 12.0 Å². The van der Waals surface area contributed by atoms with Crippen LogP contribution in [0.4, 0.5) is 0 Å². The molecule has 0 aromatic heterocycles. The highest BCUT2D eigenvalue weighted by molar-refractivity contribution is 7.55. The highest BCUT2D eigenvalue weighted by Gasteiger charge is 2.49. The molecular formula is C13H24NO3P. The fourth-order valence-electron chi connectivity index (χ4n) is 2.50. The molecule has 1 aliphatic carbocycles. The van der Waals surface area contributed by atoms with Crippen molar-refractivity contribution in [2.45, 2.75) is 51.7 Å². The van der Waals surface area contributed by atoms with Crippen LogP contribution in [0.1, 0.15) is 46.0 Å². The average Bonchev–Trinajstić information content (AvgIpc) is 3.11. The molecule has 2 rings (SSSR count). The molecule has 18 heavy (non-hydrogen) atoms. The van der Waals surface area contributed by atoms with Crippen molar-refractivity contribution < 1.29 is 13.6 Å². The SMILES string of the molecule is CCOP(=O)(OCC)C1CN1C=C1CCCCC1. The monoisotopic (exact) mass is 273 g/mol. The Morgan fingerprint density at radius 1 is 1.22 bits per heavy atom. The molecule has 0 bridgehead atoms. The van der Waals surface area contributed by atoms with Crippen LogP contribution in [0.3, 0.4) is 0 Å². The lowest BCUT2D eigenvalue weighted by Crippen LogP contribution is -2.05. The van der Waals surface area contributed by atoms with Gasteiger partial charge < -0.3 is 13.9 Å². The fourth-order valence-corrected chi connectivity index (χ4v) is 4.46. The van der Waals surface area contributed by atoms with Crippen LogP contribution in [0.15, 0.2) is 11.8 Å². The molecule has 1 atom stereocenters. The van der Waals surface area contributed by atoms with Crippen LogP contribution in [-0.4, -0.2) is 30.4 Å². The highest BCUT2D eigenvalue weighted by Crippen LogP contribution is 2.59. The molecule has 4 nitrogen and oxygen atoms in total. The van der Waals surface area contributed by atoms with Crippen LogP contribution in [0, 0.1) is 0 Å². The Kier molecular flexibility index (Phi) is 4.88. The number of nitrogens with zero attached hydrogens (tertiary/aromatic N) is 1. The van der Waals surface area contributed by atoms with Gasteiger partial charge in [0.15, 0.2) is 0 Å². The summed E-state index contributed by atoms with van der Waals surface area (Å²) in [4.78, 5) is 2.12. The second-order valence-electron chi connectivity index (χ2n) is 4.90. The molecule has 0 N–H and O–H groups in total. The molecule has 0 aromatic carbocycles. The summed E-state index contributed by atoms with van der Waals surface area (Å²) in [7, 11) is -2.92. The number of allylic oxidation sites excluding steroid dienone is 1. The summed E-state index contributed by atoms with van der Waals surface area (Å²) < 4.78 is 23.3. The van der Waals surface area contributed by atoms with Crippen molar-refractivity contribution in [3.63, 3.8) is 0 Å². The van der Waals surface area contributed by atoms with Crippen LogP contribution in [0.2, 0.25) is 0 Å². The zero-order valence-corrected chi connectivity index (χ0v) is 12.3. The van der Waals surface area contributed by atoms with E-state index in [0.29, 0.717) is 13.2 Å². The Labute approximate surface area is 110 Å². The second-order valence-corrected chi connectivity index (χ2v) is 7.09. The molecule has 0 spiro atoms. The standard InChI is InChI=1S/C13H24NO3P/c1-3-16-18(15,17-4-2)13-11-14(13)10-12-8-6-5-7-9-12/h10,13H,3-9,11H2,1-2H3. The zero-order chi connectivity index (χ0) is 13.0. The summed E-state index contributed by atoms with van der Waals surface area (Å²) in [5.41, 5.74) is 1.49. The lowest BCUT2D eigenvalue weighted by atomic mass is 9.96. The Hall–Kier alpha value is -0.310. The van der Waals surface area contributed by atoms with E-state index >= 15 is 0 Å². The van der Waals surface area contributed by atoms with E-state index in [-0.39, 0.29) is 5.78 Å². The van der Waals surface area contributed by atoms with Crippen LogP contribution < -0.4 is 0 Å². The van der Waals surface area contributed by atoms with Crippen LogP contribution >= 0.6 is 7.60 Å². The molecular weight excluding hydrogens is 249 g/mol. The van der Waals surface area contributed by atoms with E-state index in [0.717, 1.165) is 6.54 Å². The summed E-state index contributed by atoms with van der Waals surface area (Å²) in [5.74, 6) is -0.0492. The summed E-state index contributed by atoms with van der Waals surface area (Å²) in [6.45, 7) is 5.41. The first-order valence-electron chi connectivity index (χ1n) is 7.03. The van der Waals surface area contributed by atoms with E-state index in [4.69, 9.17) is 9.05 Å². The molecule has 2 aliphatic rings. The predicted octanol–water partition coefficient (Wildman–Crippen LogP) is 3.74. The van der Waals surface area contributed by atoms with Crippen molar-refractivity contribution in [2.24, 2.45) is 0 Å². The van der Waals surface area contributed by atoms with Gasteiger partial charge in [0.25, 0.3) is 0 Å². The Morgan fingerprint density at radius 2 is 1.83 bits per heavy atom. The minimum absolute atomic E-state index is 0.0492. The van der Waals surface area contributed by atoms with Gasteiger partial charge in [0.05, 0.1) is 19.8 Å². The first kappa shape index (κ1) is 14.1.